The number of thioether (sulfide) groups is 1. The average molecular weight is 358 g/mol. The van der Waals surface area contributed by atoms with Gasteiger partial charge >= 0.3 is 0 Å². The lowest BCUT2D eigenvalue weighted by Crippen LogP contribution is -2.52. The molecule has 8 heteroatoms. The molecule has 3 heterocycles. The standard InChI is InChI=1S/C17H22N6OS/c24-17(15-4-2-1-3-14(15)16-18-20-21-19-16)23-9-7-22(8-10-23)13-5-11-25-12-6-13/h1-4,13H,5-12H2,(H,18,19,20,21). The minimum Gasteiger partial charge on any atom is -0.336 e. The monoisotopic (exact) mass is 358 g/mol. The van der Waals surface area contributed by atoms with E-state index in [4.69, 9.17) is 0 Å². The number of carbonyl (C=O) groups is 1. The summed E-state index contributed by atoms with van der Waals surface area (Å²) >= 11 is 2.05. The molecule has 132 valence electrons. The number of tetrazole rings is 1. The van der Waals surface area contributed by atoms with Crippen LogP contribution in [0.1, 0.15) is 23.2 Å². The molecule has 0 spiro atoms. The summed E-state index contributed by atoms with van der Waals surface area (Å²) in [7, 11) is 0. The summed E-state index contributed by atoms with van der Waals surface area (Å²) in [5, 5.41) is 14.1. The summed E-state index contributed by atoms with van der Waals surface area (Å²) in [5.41, 5.74) is 1.37. The highest BCUT2D eigenvalue weighted by atomic mass is 32.2. The first-order valence-corrected chi connectivity index (χ1v) is 9.92. The van der Waals surface area contributed by atoms with Gasteiger partial charge in [-0.15, -0.1) is 10.2 Å². The van der Waals surface area contributed by atoms with Crippen LogP contribution in [0.25, 0.3) is 11.4 Å². The average Bonchev–Trinajstić information content (AvgIpc) is 3.23. The fourth-order valence-corrected chi connectivity index (χ4v) is 4.73. The van der Waals surface area contributed by atoms with Gasteiger partial charge in [0.05, 0.1) is 5.56 Å². The quantitative estimate of drug-likeness (QED) is 0.896. The fraction of sp³-hybridized carbons (Fsp3) is 0.529. The maximum Gasteiger partial charge on any atom is 0.254 e. The van der Waals surface area contributed by atoms with Crippen LogP contribution in [0, 0.1) is 0 Å². The Kier molecular flexibility index (Phi) is 4.98. The number of hydrogen-bond donors (Lipinski definition) is 1. The zero-order chi connectivity index (χ0) is 17.1. The number of rotatable bonds is 3. The molecule has 4 rings (SSSR count). The number of H-pyrrole nitrogens is 1. The molecule has 0 aliphatic carbocycles. The topological polar surface area (TPSA) is 78.0 Å². The maximum absolute atomic E-state index is 13.0. The largest absolute Gasteiger partial charge is 0.336 e. The molecule has 0 saturated carbocycles. The van der Waals surface area contributed by atoms with Crippen molar-refractivity contribution in [3.05, 3.63) is 29.8 Å². The lowest BCUT2D eigenvalue weighted by molar-refractivity contribution is 0.0560. The Balaban J connectivity index is 1.44. The molecule has 2 fully saturated rings. The first-order chi connectivity index (χ1) is 12.3. The summed E-state index contributed by atoms with van der Waals surface area (Å²) in [5.74, 6) is 3.05. The Labute approximate surface area is 151 Å². The molecule has 2 aliphatic heterocycles. The SMILES string of the molecule is O=C(c1ccccc1-c1nn[nH]n1)N1CCN(C2CCSCC2)CC1. The third-order valence-corrected chi connectivity index (χ3v) is 6.10. The first kappa shape index (κ1) is 16.5. The van der Waals surface area contributed by atoms with Crippen molar-refractivity contribution in [1.82, 2.24) is 30.4 Å². The molecule has 0 radical (unpaired) electrons. The van der Waals surface area contributed by atoms with Gasteiger partial charge in [-0.05, 0) is 35.6 Å². The second kappa shape index (κ2) is 7.53. The molecule has 2 aromatic rings. The highest BCUT2D eigenvalue weighted by Gasteiger charge is 2.28. The van der Waals surface area contributed by atoms with Crippen molar-refractivity contribution in [2.45, 2.75) is 18.9 Å². The molecule has 2 aliphatic rings. The van der Waals surface area contributed by atoms with E-state index in [0.717, 1.165) is 31.7 Å². The third kappa shape index (κ3) is 3.55. The number of carbonyl (C=O) groups excluding carboxylic acids is 1. The van der Waals surface area contributed by atoms with Gasteiger partial charge in [-0.3, -0.25) is 9.69 Å². The normalized spacial score (nSPS) is 19.9. The summed E-state index contributed by atoms with van der Waals surface area (Å²) < 4.78 is 0. The van der Waals surface area contributed by atoms with E-state index in [-0.39, 0.29) is 5.91 Å². The Morgan fingerprint density at radius 1 is 1.12 bits per heavy atom. The molecule has 0 atom stereocenters. The van der Waals surface area contributed by atoms with Crippen molar-refractivity contribution in [2.24, 2.45) is 0 Å². The summed E-state index contributed by atoms with van der Waals surface area (Å²) in [6.45, 7) is 3.49. The van der Waals surface area contributed by atoms with Crippen LogP contribution in [-0.2, 0) is 0 Å². The van der Waals surface area contributed by atoms with Gasteiger partial charge in [-0.2, -0.15) is 17.0 Å². The van der Waals surface area contributed by atoms with Crippen molar-refractivity contribution in [3.8, 4) is 11.4 Å². The van der Waals surface area contributed by atoms with Crippen molar-refractivity contribution >= 4 is 17.7 Å². The van der Waals surface area contributed by atoms with Gasteiger partial charge in [-0.25, -0.2) is 0 Å². The summed E-state index contributed by atoms with van der Waals surface area (Å²) in [4.78, 5) is 17.5. The van der Waals surface area contributed by atoms with Crippen molar-refractivity contribution in [3.63, 3.8) is 0 Å². The summed E-state index contributed by atoms with van der Waals surface area (Å²) in [6, 6.07) is 8.19. The van der Waals surface area contributed by atoms with Crippen molar-refractivity contribution in [1.29, 1.82) is 0 Å². The van der Waals surface area contributed by atoms with E-state index >= 15 is 0 Å². The second-order valence-corrected chi connectivity index (χ2v) is 7.68. The van der Waals surface area contributed by atoms with Crippen LogP contribution in [0.15, 0.2) is 24.3 Å². The van der Waals surface area contributed by atoms with E-state index in [1.165, 1.54) is 24.3 Å². The second-order valence-electron chi connectivity index (χ2n) is 6.45. The number of nitrogens with zero attached hydrogens (tertiary/aromatic N) is 5. The number of benzene rings is 1. The minimum atomic E-state index is 0.0549. The Morgan fingerprint density at radius 2 is 1.88 bits per heavy atom. The molecule has 7 nitrogen and oxygen atoms in total. The van der Waals surface area contributed by atoms with Gasteiger partial charge < -0.3 is 4.90 Å². The Bertz CT molecular complexity index is 708. The van der Waals surface area contributed by atoms with Crippen molar-refractivity contribution in [2.75, 3.05) is 37.7 Å². The zero-order valence-electron chi connectivity index (χ0n) is 14.1. The molecule has 1 N–H and O–H groups in total. The maximum atomic E-state index is 13.0. The number of aromatic nitrogens is 4. The third-order valence-electron chi connectivity index (χ3n) is 5.05. The molecular weight excluding hydrogens is 336 g/mol. The van der Waals surface area contributed by atoms with Gasteiger partial charge in [0, 0.05) is 37.8 Å². The minimum absolute atomic E-state index is 0.0549. The molecule has 1 aromatic heterocycles. The first-order valence-electron chi connectivity index (χ1n) is 8.77. The highest BCUT2D eigenvalue weighted by Crippen LogP contribution is 2.24. The van der Waals surface area contributed by atoms with Crippen LogP contribution in [0.3, 0.4) is 0 Å². The van der Waals surface area contributed by atoms with E-state index in [9.17, 15) is 4.79 Å². The molecule has 2 saturated heterocycles. The molecule has 1 aromatic carbocycles. The van der Waals surface area contributed by atoms with Gasteiger partial charge in [0.25, 0.3) is 5.91 Å². The smallest absolute Gasteiger partial charge is 0.254 e. The highest BCUT2D eigenvalue weighted by molar-refractivity contribution is 7.99. The van der Waals surface area contributed by atoms with E-state index in [1.54, 1.807) is 0 Å². The number of nitrogens with one attached hydrogen (secondary N) is 1. The Morgan fingerprint density at radius 3 is 2.60 bits per heavy atom. The lowest BCUT2D eigenvalue weighted by Gasteiger charge is -2.40. The van der Waals surface area contributed by atoms with Gasteiger partial charge in [0.1, 0.15) is 0 Å². The van der Waals surface area contributed by atoms with E-state index in [1.807, 2.05) is 29.2 Å². The van der Waals surface area contributed by atoms with Gasteiger partial charge in [0.15, 0.2) is 0 Å². The molecular formula is C17H22N6OS. The number of hydrogen-bond acceptors (Lipinski definition) is 6. The van der Waals surface area contributed by atoms with Crippen molar-refractivity contribution < 1.29 is 4.79 Å². The van der Waals surface area contributed by atoms with Gasteiger partial charge in [0.2, 0.25) is 5.82 Å². The van der Waals surface area contributed by atoms with E-state index in [0.29, 0.717) is 17.4 Å². The van der Waals surface area contributed by atoms with Gasteiger partial charge in [-0.1, -0.05) is 18.2 Å². The van der Waals surface area contributed by atoms with E-state index < -0.39 is 0 Å². The molecule has 0 unspecified atom stereocenters. The van der Waals surface area contributed by atoms with Crippen LogP contribution in [0.4, 0.5) is 0 Å². The Hall–Kier alpha value is -1.93. The van der Waals surface area contributed by atoms with Crippen LogP contribution in [0.2, 0.25) is 0 Å². The number of aromatic amines is 1. The lowest BCUT2D eigenvalue weighted by atomic mass is 10.0. The molecule has 25 heavy (non-hydrogen) atoms. The predicted molar refractivity (Wildman–Crippen MR) is 97.4 cm³/mol. The fourth-order valence-electron chi connectivity index (χ4n) is 3.65. The number of amides is 1. The van der Waals surface area contributed by atoms with Crippen LogP contribution < -0.4 is 0 Å². The molecule has 0 bridgehead atoms. The van der Waals surface area contributed by atoms with Crippen LogP contribution in [0.5, 0.6) is 0 Å². The van der Waals surface area contributed by atoms with E-state index in [2.05, 4.69) is 37.3 Å². The summed E-state index contributed by atoms with van der Waals surface area (Å²) in [6.07, 6.45) is 2.55. The van der Waals surface area contributed by atoms with Crippen LogP contribution in [-0.4, -0.2) is 80.1 Å². The van der Waals surface area contributed by atoms with Crippen LogP contribution >= 0.6 is 11.8 Å². The number of piperazine rings is 1. The predicted octanol–water partition coefficient (Wildman–Crippen LogP) is 1.52. The molecule has 1 amide bonds. The zero-order valence-corrected chi connectivity index (χ0v) is 14.9.